The maximum Gasteiger partial charge on any atom is 0.349 e. The Labute approximate surface area is 236 Å². The molecule has 5 rings (SSSR count). The average molecular weight is 546 g/mol. The van der Waals surface area contributed by atoms with Gasteiger partial charge in [-0.05, 0) is 60.0 Å². The number of benzene rings is 4. The Bertz CT molecular complexity index is 1740. The first-order valence-corrected chi connectivity index (χ1v) is 13.0. The van der Waals surface area contributed by atoms with Crippen LogP contribution in [-0.4, -0.2) is 11.9 Å². The number of carbonyl (C=O) groups is 2. The van der Waals surface area contributed by atoms with Crippen LogP contribution in [0, 0.1) is 0 Å². The molecule has 1 heterocycles. The van der Waals surface area contributed by atoms with E-state index in [-0.39, 0.29) is 22.9 Å². The molecule has 4 aromatic carbocycles. The van der Waals surface area contributed by atoms with Gasteiger partial charge in [0.15, 0.2) is 0 Å². The van der Waals surface area contributed by atoms with Gasteiger partial charge >= 0.3 is 11.6 Å². The molecule has 0 bridgehead atoms. The van der Waals surface area contributed by atoms with Crippen LogP contribution < -0.4 is 20.4 Å². The van der Waals surface area contributed by atoms with Crippen molar-refractivity contribution in [1.82, 2.24) is 5.32 Å². The number of fused-ring (bicyclic) bond motifs is 1. The van der Waals surface area contributed by atoms with Gasteiger partial charge in [0.05, 0.1) is 6.04 Å². The third-order valence-corrected chi connectivity index (χ3v) is 6.36. The number of amides is 1. The third kappa shape index (κ3) is 7.16. The van der Waals surface area contributed by atoms with Crippen molar-refractivity contribution in [3.05, 3.63) is 148 Å². The van der Waals surface area contributed by atoms with Gasteiger partial charge in [-0.15, -0.1) is 0 Å². The Morgan fingerprint density at radius 1 is 0.854 bits per heavy atom. The van der Waals surface area contributed by atoms with E-state index in [0.29, 0.717) is 12.0 Å². The fourth-order valence-electron chi connectivity index (χ4n) is 4.14. The van der Waals surface area contributed by atoms with Crippen LogP contribution in [0.4, 0.5) is 0 Å². The van der Waals surface area contributed by atoms with Gasteiger partial charge in [0, 0.05) is 17.5 Å². The number of rotatable bonds is 9. The lowest BCUT2D eigenvalue weighted by molar-refractivity contribution is -0.128. The Balaban J connectivity index is 1.19. The summed E-state index contributed by atoms with van der Waals surface area (Å²) in [5, 5.41) is 3.34. The van der Waals surface area contributed by atoms with Crippen LogP contribution in [0.1, 0.15) is 40.0 Å². The zero-order valence-corrected chi connectivity index (χ0v) is 22.3. The van der Waals surface area contributed by atoms with Crippen molar-refractivity contribution < 1.29 is 23.5 Å². The van der Waals surface area contributed by atoms with Crippen molar-refractivity contribution in [2.75, 3.05) is 0 Å². The molecule has 0 aliphatic heterocycles. The van der Waals surface area contributed by atoms with Crippen molar-refractivity contribution in [3.8, 4) is 11.5 Å². The van der Waals surface area contributed by atoms with Crippen LogP contribution in [0.5, 0.6) is 11.5 Å². The van der Waals surface area contributed by atoms with E-state index < -0.39 is 17.5 Å². The maximum absolute atomic E-state index is 12.7. The molecule has 0 radical (unpaired) electrons. The summed E-state index contributed by atoms with van der Waals surface area (Å²) in [6.07, 6.45) is 2.94. The molecule has 41 heavy (non-hydrogen) atoms. The van der Waals surface area contributed by atoms with Crippen molar-refractivity contribution in [3.63, 3.8) is 0 Å². The summed E-state index contributed by atoms with van der Waals surface area (Å²) in [7, 11) is 0. The minimum absolute atomic E-state index is 0.107. The van der Waals surface area contributed by atoms with Crippen LogP contribution in [0.15, 0.2) is 124 Å². The number of hydrogen-bond donors (Lipinski definition) is 1. The second kappa shape index (κ2) is 12.6. The summed E-state index contributed by atoms with van der Waals surface area (Å²) in [5.41, 5.74) is 2.09. The van der Waals surface area contributed by atoms with Gasteiger partial charge in [-0.1, -0.05) is 72.8 Å². The Kier molecular flexibility index (Phi) is 8.35. The molecule has 7 heteroatoms. The Morgan fingerprint density at radius 3 is 2.27 bits per heavy atom. The smallest absolute Gasteiger partial charge is 0.349 e. The second-order valence-corrected chi connectivity index (χ2v) is 9.35. The van der Waals surface area contributed by atoms with Crippen molar-refractivity contribution in [1.29, 1.82) is 0 Å². The van der Waals surface area contributed by atoms with Gasteiger partial charge in [0.1, 0.15) is 29.3 Å². The second-order valence-electron chi connectivity index (χ2n) is 9.35. The Morgan fingerprint density at radius 2 is 1.54 bits per heavy atom. The molecule has 0 spiro atoms. The predicted molar refractivity (Wildman–Crippen MR) is 157 cm³/mol. The molecule has 1 N–H and O–H groups in total. The van der Waals surface area contributed by atoms with Crippen molar-refractivity contribution >= 4 is 28.9 Å². The fraction of sp³-hybridized carbons (Fsp3) is 0.0882. The zero-order valence-electron chi connectivity index (χ0n) is 22.3. The van der Waals surface area contributed by atoms with E-state index in [9.17, 15) is 14.4 Å². The van der Waals surface area contributed by atoms with E-state index in [0.717, 1.165) is 22.4 Å². The minimum atomic E-state index is -0.783. The summed E-state index contributed by atoms with van der Waals surface area (Å²) in [6, 6.07) is 32.4. The van der Waals surface area contributed by atoms with Crippen molar-refractivity contribution in [2.24, 2.45) is 0 Å². The summed E-state index contributed by atoms with van der Waals surface area (Å²) in [5.74, 6) is -0.206. The maximum atomic E-state index is 12.7. The lowest BCUT2D eigenvalue weighted by Crippen LogP contribution is -2.30. The molecular weight excluding hydrogens is 518 g/mol. The first-order valence-electron chi connectivity index (χ1n) is 13.0. The highest BCUT2D eigenvalue weighted by molar-refractivity contribution is 5.97. The fourth-order valence-corrected chi connectivity index (χ4v) is 4.14. The average Bonchev–Trinajstić information content (AvgIpc) is 3.00. The molecule has 0 saturated carbocycles. The Hall–Kier alpha value is -5.43. The quantitative estimate of drug-likeness (QED) is 0.0986. The number of nitrogens with one attached hydrogen (secondary N) is 1. The van der Waals surface area contributed by atoms with Crippen LogP contribution >= 0.6 is 0 Å². The lowest BCUT2D eigenvalue weighted by Gasteiger charge is -2.14. The van der Waals surface area contributed by atoms with Gasteiger partial charge < -0.3 is 19.2 Å². The van der Waals surface area contributed by atoms with Gasteiger partial charge in [-0.2, -0.15) is 0 Å². The van der Waals surface area contributed by atoms with Gasteiger partial charge in [-0.3, -0.25) is 4.79 Å². The molecule has 0 saturated heterocycles. The monoisotopic (exact) mass is 545 g/mol. The molecule has 1 aromatic heterocycles. The number of carbonyl (C=O) groups excluding carboxylic acids is 2. The van der Waals surface area contributed by atoms with Crippen LogP contribution in [0.3, 0.4) is 0 Å². The molecule has 0 fully saturated rings. The minimum Gasteiger partial charge on any atom is -0.489 e. The summed E-state index contributed by atoms with van der Waals surface area (Å²) in [4.78, 5) is 37.7. The summed E-state index contributed by atoms with van der Waals surface area (Å²) in [6.45, 7) is 2.30. The summed E-state index contributed by atoms with van der Waals surface area (Å²) >= 11 is 0. The highest BCUT2D eigenvalue weighted by Crippen LogP contribution is 2.22. The standard InChI is InChI=1S/C34H27NO6/c1-23(26-10-6-3-7-11-26)35-33(37)30-20-27-15-18-29(21-31(27)41-34(30)38)40-32(36)19-14-24-12-16-28(17-13-24)39-22-25-8-4-2-5-9-25/h2-21,23H,22H2,1H3,(H,35,37)/b19-14+. The van der Waals surface area contributed by atoms with Gasteiger partial charge in [0.2, 0.25) is 0 Å². The zero-order chi connectivity index (χ0) is 28.6. The molecule has 0 aliphatic carbocycles. The SMILES string of the molecule is CC(NC(=O)c1cc2ccc(OC(=O)/C=C/c3ccc(OCc4ccccc4)cc3)cc2oc1=O)c1ccccc1. The van der Waals surface area contributed by atoms with Crippen LogP contribution in [0.2, 0.25) is 0 Å². The topological polar surface area (TPSA) is 94.8 Å². The molecule has 1 unspecified atom stereocenters. The highest BCUT2D eigenvalue weighted by atomic mass is 16.5. The largest absolute Gasteiger partial charge is 0.489 e. The van der Waals surface area contributed by atoms with E-state index in [4.69, 9.17) is 13.9 Å². The first-order chi connectivity index (χ1) is 19.9. The molecule has 1 atom stereocenters. The van der Waals surface area contributed by atoms with Crippen molar-refractivity contribution in [2.45, 2.75) is 19.6 Å². The predicted octanol–water partition coefficient (Wildman–Crippen LogP) is 6.48. The first kappa shape index (κ1) is 27.1. The van der Waals surface area contributed by atoms with Gasteiger partial charge in [-0.25, -0.2) is 9.59 Å². The van der Waals surface area contributed by atoms with E-state index in [2.05, 4.69) is 5.32 Å². The van der Waals surface area contributed by atoms with E-state index >= 15 is 0 Å². The van der Waals surface area contributed by atoms with E-state index in [1.54, 1.807) is 18.2 Å². The number of ether oxygens (including phenoxy) is 2. The van der Waals surface area contributed by atoms with E-state index in [1.165, 1.54) is 18.2 Å². The molecule has 0 aliphatic rings. The molecule has 5 aromatic rings. The normalized spacial score (nSPS) is 11.7. The molecule has 204 valence electrons. The molecular formula is C34H27NO6. The van der Waals surface area contributed by atoms with Crippen LogP contribution in [-0.2, 0) is 11.4 Å². The third-order valence-electron chi connectivity index (χ3n) is 6.36. The van der Waals surface area contributed by atoms with E-state index in [1.807, 2.05) is 91.9 Å². The van der Waals surface area contributed by atoms with Gasteiger partial charge in [0.25, 0.3) is 5.91 Å². The number of esters is 1. The number of hydrogen-bond acceptors (Lipinski definition) is 6. The molecule has 1 amide bonds. The summed E-state index contributed by atoms with van der Waals surface area (Å²) < 4.78 is 16.5. The molecule has 7 nitrogen and oxygen atoms in total. The van der Waals surface area contributed by atoms with Crippen LogP contribution in [0.25, 0.3) is 17.0 Å². The lowest BCUT2D eigenvalue weighted by atomic mass is 10.1. The highest BCUT2D eigenvalue weighted by Gasteiger charge is 2.17.